The minimum Gasteiger partial charge on any atom is -0.399 e. The van der Waals surface area contributed by atoms with Crippen LogP contribution >= 0.6 is 0 Å². The summed E-state index contributed by atoms with van der Waals surface area (Å²) in [6.45, 7) is 3.13. The van der Waals surface area contributed by atoms with Gasteiger partial charge in [0.2, 0.25) is 0 Å². The van der Waals surface area contributed by atoms with E-state index in [1.165, 1.54) is 12.1 Å². The zero-order valence-corrected chi connectivity index (χ0v) is 12.0. The Morgan fingerprint density at radius 3 is 2.05 bits per heavy atom. The van der Waals surface area contributed by atoms with E-state index in [0.29, 0.717) is 22.5 Å². The van der Waals surface area contributed by atoms with E-state index in [4.69, 9.17) is 5.73 Å². The molecule has 2 aromatic rings. The molecule has 6 heteroatoms. The molecule has 0 spiro atoms. The van der Waals surface area contributed by atoms with Gasteiger partial charge < -0.3 is 5.73 Å². The standard InChI is InChI=1S/C14H15FN2O2S/c1-9-7-11(15)8-10(2)14(9)20(18,19)17-13-5-3-12(16)4-6-13/h3-8,17H,16H2,1-2H3. The molecule has 106 valence electrons. The van der Waals surface area contributed by atoms with E-state index in [2.05, 4.69) is 4.72 Å². The molecule has 4 nitrogen and oxygen atoms in total. The third-order valence-electron chi connectivity index (χ3n) is 2.86. The zero-order chi connectivity index (χ0) is 14.9. The van der Waals surface area contributed by atoms with Gasteiger partial charge >= 0.3 is 0 Å². The van der Waals surface area contributed by atoms with Crippen molar-refractivity contribution in [3.63, 3.8) is 0 Å². The Hall–Kier alpha value is -2.08. The van der Waals surface area contributed by atoms with Crippen molar-refractivity contribution in [2.24, 2.45) is 0 Å². The van der Waals surface area contributed by atoms with Crippen LogP contribution < -0.4 is 10.5 Å². The summed E-state index contributed by atoms with van der Waals surface area (Å²) in [7, 11) is -3.76. The van der Waals surface area contributed by atoms with Crippen LogP contribution in [-0.2, 0) is 10.0 Å². The number of halogens is 1. The third kappa shape index (κ3) is 2.91. The highest BCUT2D eigenvalue weighted by Crippen LogP contribution is 2.24. The second-order valence-electron chi connectivity index (χ2n) is 4.60. The SMILES string of the molecule is Cc1cc(F)cc(C)c1S(=O)(=O)Nc1ccc(N)cc1. The summed E-state index contributed by atoms with van der Waals surface area (Å²) in [5, 5.41) is 0. The van der Waals surface area contributed by atoms with Gasteiger partial charge in [-0.05, 0) is 61.4 Å². The fourth-order valence-electron chi connectivity index (χ4n) is 2.08. The summed E-state index contributed by atoms with van der Waals surface area (Å²) in [6.07, 6.45) is 0. The van der Waals surface area contributed by atoms with Crippen molar-refractivity contribution < 1.29 is 12.8 Å². The first-order valence-corrected chi connectivity index (χ1v) is 7.43. The van der Waals surface area contributed by atoms with Gasteiger partial charge in [-0.1, -0.05) is 0 Å². The van der Waals surface area contributed by atoms with E-state index in [0.717, 1.165) is 0 Å². The molecule has 0 bridgehead atoms. The summed E-state index contributed by atoms with van der Waals surface area (Å²) in [6, 6.07) is 8.74. The molecule has 0 aromatic heterocycles. The zero-order valence-electron chi connectivity index (χ0n) is 11.1. The highest BCUT2D eigenvalue weighted by molar-refractivity contribution is 7.92. The summed E-state index contributed by atoms with van der Waals surface area (Å²) in [4.78, 5) is 0.0933. The van der Waals surface area contributed by atoms with Gasteiger partial charge in [0.05, 0.1) is 4.90 Å². The molecule has 0 unspecified atom stereocenters. The van der Waals surface area contributed by atoms with E-state index in [1.54, 1.807) is 38.1 Å². The second-order valence-corrected chi connectivity index (χ2v) is 6.22. The van der Waals surface area contributed by atoms with E-state index >= 15 is 0 Å². The number of sulfonamides is 1. The smallest absolute Gasteiger partial charge is 0.262 e. The minimum absolute atomic E-state index is 0.0933. The number of anilines is 2. The Balaban J connectivity index is 2.43. The molecule has 0 heterocycles. The van der Waals surface area contributed by atoms with Crippen LogP contribution in [0.4, 0.5) is 15.8 Å². The van der Waals surface area contributed by atoms with Gasteiger partial charge in [-0.15, -0.1) is 0 Å². The van der Waals surface area contributed by atoms with Crippen molar-refractivity contribution >= 4 is 21.4 Å². The minimum atomic E-state index is -3.76. The number of benzene rings is 2. The number of aryl methyl sites for hydroxylation is 2. The topological polar surface area (TPSA) is 72.2 Å². The van der Waals surface area contributed by atoms with Crippen molar-refractivity contribution in [2.45, 2.75) is 18.7 Å². The van der Waals surface area contributed by atoms with Gasteiger partial charge in [-0.25, -0.2) is 12.8 Å². The maximum Gasteiger partial charge on any atom is 0.262 e. The molecule has 0 fully saturated rings. The maximum atomic E-state index is 13.2. The predicted octanol–water partition coefficient (Wildman–Crippen LogP) is 2.83. The first-order chi connectivity index (χ1) is 9.29. The predicted molar refractivity (Wildman–Crippen MR) is 77.5 cm³/mol. The van der Waals surface area contributed by atoms with E-state index < -0.39 is 15.8 Å². The Morgan fingerprint density at radius 2 is 1.55 bits per heavy atom. The first kappa shape index (κ1) is 14.3. The van der Waals surface area contributed by atoms with Gasteiger partial charge in [-0.3, -0.25) is 4.72 Å². The first-order valence-electron chi connectivity index (χ1n) is 5.95. The Bertz CT molecular complexity index is 717. The number of nitrogens with two attached hydrogens (primary N) is 1. The van der Waals surface area contributed by atoms with Crippen molar-refractivity contribution in [1.82, 2.24) is 0 Å². The van der Waals surface area contributed by atoms with Crippen LogP contribution in [0.15, 0.2) is 41.3 Å². The van der Waals surface area contributed by atoms with Crippen LogP contribution in [-0.4, -0.2) is 8.42 Å². The lowest BCUT2D eigenvalue weighted by molar-refractivity contribution is 0.597. The number of hydrogen-bond donors (Lipinski definition) is 2. The molecule has 0 aliphatic carbocycles. The summed E-state index contributed by atoms with van der Waals surface area (Å²) in [5.41, 5.74) is 7.23. The fourth-order valence-corrected chi connectivity index (χ4v) is 3.59. The number of hydrogen-bond acceptors (Lipinski definition) is 3. The third-order valence-corrected chi connectivity index (χ3v) is 4.54. The van der Waals surface area contributed by atoms with Gasteiger partial charge in [0.1, 0.15) is 5.82 Å². The number of nitrogens with one attached hydrogen (secondary N) is 1. The summed E-state index contributed by atoms with van der Waals surface area (Å²) < 4.78 is 40.4. The van der Waals surface area contributed by atoms with Gasteiger partial charge in [-0.2, -0.15) is 0 Å². The van der Waals surface area contributed by atoms with Crippen LogP contribution in [0.3, 0.4) is 0 Å². The molecule has 0 saturated carbocycles. The Kier molecular flexibility index (Phi) is 3.67. The fraction of sp³-hybridized carbons (Fsp3) is 0.143. The molecule has 0 saturated heterocycles. The van der Waals surface area contributed by atoms with Crippen LogP contribution in [0.1, 0.15) is 11.1 Å². The largest absolute Gasteiger partial charge is 0.399 e. The van der Waals surface area contributed by atoms with Crippen LogP contribution in [0.5, 0.6) is 0 Å². The molecule has 2 aromatic carbocycles. The van der Waals surface area contributed by atoms with Crippen molar-refractivity contribution in [3.05, 3.63) is 53.3 Å². The monoisotopic (exact) mass is 294 g/mol. The molecule has 0 aliphatic heterocycles. The van der Waals surface area contributed by atoms with Crippen LogP contribution in [0.2, 0.25) is 0 Å². The Morgan fingerprint density at radius 1 is 1.05 bits per heavy atom. The quantitative estimate of drug-likeness (QED) is 0.855. The van der Waals surface area contributed by atoms with Gasteiger partial charge in [0, 0.05) is 11.4 Å². The molecule has 20 heavy (non-hydrogen) atoms. The van der Waals surface area contributed by atoms with Gasteiger partial charge in [0.15, 0.2) is 0 Å². The molecule has 0 atom stereocenters. The average Bonchev–Trinajstić information content (AvgIpc) is 2.30. The molecule has 0 radical (unpaired) electrons. The molecular formula is C14H15FN2O2S. The van der Waals surface area contributed by atoms with Crippen molar-refractivity contribution in [3.8, 4) is 0 Å². The van der Waals surface area contributed by atoms with E-state index in [-0.39, 0.29) is 4.90 Å². The number of rotatable bonds is 3. The highest BCUT2D eigenvalue weighted by Gasteiger charge is 2.20. The lowest BCUT2D eigenvalue weighted by atomic mass is 10.1. The number of nitrogen functional groups attached to an aromatic ring is 1. The average molecular weight is 294 g/mol. The van der Waals surface area contributed by atoms with Crippen LogP contribution in [0.25, 0.3) is 0 Å². The molecule has 3 N–H and O–H groups in total. The van der Waals surface area contributed by atoms with Gasteiger partial charge in [0.25, 0.3) is 10.0 Å². The van der Waals surface area contributed by atoms with E-state index in [9.17, 15) is 12.8 Å². The molecule has 0 aliphatic rings. The molecule has 2 rings (SSSR count). The van der Waals surface area contributed by atoms with Crippen molar-refractivity contribution in [1.29, 1.82) is 0 Å². The second kappa shape index (κ2) is 5.13. The highest BCUT2D eigenvalue weighted by atomic mass is 32.2. The molecule has 0 amide bonds. The summed E-state index contributed by atoms with van der Waals surface area (Å²) >= 11 is 0. The van der Waals surface area contributed by atoms with E-state index in [1.807, 2.05) is 0 Å². The van der Waals surface area contributed by atoms with Crippen LogP contribution in [0, 0.1) is 19.7 Å². The van der Waals surface area contributed by atoms with Crippen molar-refractivity contribution in [2.75, 3.05) is 10.5 Å². The lowest BCUT2D eigenvalue weighted by Crippen LogP contribution is -2.16. The molecular weight excluding hydrogens is 279 g/mol. The summed E-state index contributed by atoms with van der Waals surface area (Å²) in [5.74, 6) is -0.452. The maximum absolute atomic E-state index is 13.2. The lowest BCUT2D eigenvalue weighted by Gasteiger charge is -2.13. The Labute approximate surface area is 117 Å². The normalized spacial score (nSPS) is 11.3.